The first-order chi connectivity index (χ1) is 8.50. The quantitative estimate of drug-likeness (QED) is 0.230. The second kappa shape index (κ2) is 89.7. The van der Waals surface area contributed by atoms with Gasteiger partial charge in [-0.2, -0.15) is 0 Å². The Hall–Kier alpha value is 0.900. The van der Waals surface area contributed by atoms with E-state index < -0.39 is 8.25 Å². The molecule has 0 aliphatic rings. The summed E-state index contributed by atoms with van der Waals surface area (Å²) in [6, 6.07) is 0. The molecule has 5 nitrogen and oxygen atoms in total. The topological polar surface area (TPSA) is 115 Å². The van der Waals surface area contributed by atoms with E-state index in [0.717, 1.165) is 12.8 Å². The normalized spacial score (nSPS) is 5.10. The van der Waals surface area contributed by atoms with Crippen LogP contribution in [0, 0.1) is 0 Å². The van der Waals surface area contributed by atoms with Gasteiger partial charge in [0.1, 0.15) is 0 Å². The second-order valence-electron chi connectivity index (χ2n) is 1.68. The molecule has 20 heavy (non-hydrogen) atoms. The molecule has 0 saturated heterocycles. The maximum absolute atomic E-state index is 8.48. The van der Waals surface area contributed by atoms with E-state index in [9.17, 15) is 0 Å². The van der Waals surface area contributed by atoms with Crippen molar-refractivity contribution >= 4 is 8.25 Å². The standard InChI is InChI=1S/C4H12N2.4C2H4.2Na.HO3P/c1-2-3-4(5)6;4*1-2;;;1-4(2)3/h4H,2-3,5-6H2,1H3;4*1-2H2;;;(H,1,2,3)/q;;;;;2*+1;/p-1. The number of hydrogen-bond acceptors (Lipinski definition) is 5. The van der Waals surface area contributed by atoms with Gasteiger partial charge in [0.25, 0.3) is 8.25 Å². The summed E-state index contributed by atoms with van der Waals surface area (Å²) in [5.74, 6) is 0. The molecule has 0 atom stereocenters. The minimum Gasteiger partial charge on any atom is -0.598 e. The van der Waals surface area contributed by atoms with Crippen LogP contribution in [0.5, 0.6) is 0 Å². The van der Waals surface area contributed by atoms with Gasteiger partial charge >= 0.3 is 59.1 Å². The molecule has 0 saturated carbocycles. The Morgan fingerprint density at radius 1 is 0.900 bits per heavy atom. The van der Waals surface area contributed by atoms with E-state index in [4.69, 9.17) is 25.8 Å². The molecule has 8 heteroatoms. The van der Waals surface area contributed by atoms with E-state index in [1.165, 1.54) is 0 Å². The van der Waals surface area contributed by atoms with Crippen molar-refractivity contribution in [1.29, 1.82) is 0 Å². The first kappa shape index (κ1) is 49.7. The van der Waals surface area contributed by atoms with Gasteiger partial charge in [0.05, 0.1) is 6.17 Å². The van der Waals surface area contributed by atoms with Crippen LogP contribution in [0.1, 0.15) is 19.8 Å². The first-order valence-corrected chi connectivity index (χ1v) is 5.93. The van der Waals surface area contributed by atoms with Crippen molar-refractivity contribution in [3.63, 3.8) is 0 Å². The molecular formula is C12H28N2Na2O3P+. The van der Waals surface area contributed by atoms with Gasteiger partial charge in [-0.3, -0.25) is 0 Å². The molecule has 0 aliphatic heterocycles. The average molecular weight is 325 g/mol. The maximum atomic E-state index is 8.48. The fourth-order valence-electron chi connectivity index (χ4n) is 0.333. The zero-order chi connectivity index (χ0) is 16.6. The van der Waals surface area contributed by atoms with Crippen LogP contribution in [-0.2, 0) is 4.57 Å². The van der Waals surface area contributed by atoms with Crippen molar-refractivity contribution in [2.24, 2.45) is 11.5 Å². The Kier molecular flexibility index (Phi) is 223. The molecule has 0 heterocycles. The molecule has 0 spiro atoms. The summed E-state index contributed by atoms with van der Waals surface area (Å²) in [4.78, 5) is 17.0. The molecule has 0 fully saturated rings. The predicted octanol–water partition coefficient (Wildman–Crippen LogP) is -4.39. The largest absolute Gasteiger partial charge is 1.00 e. The van der Waals surface area contributed by atoms with E-state index in [2.05, 4.69) is 59.6 Å². The monoisotopic (exact) mass is 325 g/mol. The molecule has 0 unspecified atom stereocenters. The Labute approximate surface area is 170 Å². The number of hydrogen-bond donors (Lipinski definition) is 2. The van der Waals surface area contributed by atoms with Crippen LogP contribution < -0.4 is 80.4 Å². The van der Waals surface area contributed by atoms with Crippen LogP contribution in [0.15, 0.2) is 52.6 Å². The van der Waals surface area contributed by atoms with Gasteiger partial charge < -0.3 is 21.3 Å². The summed E-state index contributed by atoms with van der Waals surface area (Å²) in [5.41, 5.74) is 10.4. The smallest absolute Gasteiger partial charge is 0.598 e. The first-order valence-electron chi connectivity index (χ1n) is 4.83. The van der Waals surface area contributed by atoms with E-state index in [0.29, 0.717) is 0 Å². The molecule has 110 valence electrons. The van der Waals surface area contributed by atoms with Crippen LogP contribution >= 0.6 is 8.25 Å². The summed E-state index contributed by atoms with van der Waals surface area (Å²) < 4.78 is 8.48. The molecular weight excluding hydrogens is 297 g/mol. The third-order valence-electron chi connectivity index (χ3n) is 0.622. The molecule has 0 radical (unpaired) electrons. The molecule has 0 aromatic heterocycles. The summed E-state index contributed by atoms with van der Waals surface area (Å²) in [7, 11) is -3.37. The minimum atomic E-state index is -3.37. The van der Waals surface area contributed by atoms with E-state index in [1.807, 2.05) is 0 Å². The molecule has 0 rings (SSSR count). The van der Waals surface area contributed by atoms with Crippen LogP contribution in [0.25, 0.3) is 0 Å². The summed E-state index contributed by atoms with van der Waals surface area (Å²) in [5, 5.41) is 0. The SMILES string of the molecule is C=C.C=C.C=C.C=C.CCCC(N)N.O=[P+]([O-])[O-].[Na+].[Na+]. The second-order valence-corrected chi connectivity index (χ2v) is 2.12. The van der Waals surface area contributed by atoms with Crippen molar-refractivity contribution in [1.82, 2.24) is 0 Å². The Balaban J connectivity index is -0.0000000153. The number of nitrogens with two attached hydrogens (primary N) is 2. The van der Waals surface area contributed by atoms with Gasteiger partial charge in [-0.05, 0) is 6.42 Å². The Morgan fingerprint density at radius 2 is 1.05 bits per heavy atom. The van der Waals surface area contributed by atoms with Crippen LogP contribution in [0.2, 0.25) is 0 Å². The molecule has 4 N–H and O–H groups in total. The molecule has 0 amide bonds. The Bertz CT molecular complexity index is 134. The van der Waals surface area contributed by atoms with Crippen molar-refractivity contribution in [3.8, 4) is 0 Å². The van der Waals surface area contributed by atoms with Gasteiger partial charge in [0.15, 0.2) is 0 Å². The zero-order valence-electron chi connectivity index (χ0n) is 13.5. The van der Waals surface area contributed by atoms with Crippen molar-refractivity contribution in [2.45, 2.75) is 25.9 Å². The van der Waals surface area contributed by atoms with Gasteiger partial charge in [-0.15, -0.1) is 52.6 Å². The van der Waals surface area contributed by atoms with Crippen molar-refractivity contribution in [2.75, 3.05) is 0 Å². The fraction of sp³-hybridized carbons (Fsp3) is 0.333. The molecule has 0 aliphatic carbocycles. The third kappa shape index (κ3) is 398. The third-order valence-corrected chi connectivity index (χ3v) is 0.622. The average Bonchev–Trinajstić information content (AvgIpc) is 2.38. The van der Waals surface area contributed by atoms with Gasteiger partial charge in [0, 0.05) is 0 Å². The maximum Gasteiger partial charge on any atom is 1.00 e. The summed E-state index contributed by atoms with van der Waals surface area (Å²) >= 11 is 0. The fourth-order valence-corrected chi connectivity index (χ4v) is 0.333. The van der Waals surface area contributed by atoms with Crippen molar-refractivity contribution < 1.29 is 73.5 Å². The number of rotatable bonds is 2. The van der Waals surface area contributed by atoms with Crippen LogP contribution in [0.4, 0.5) is 0 Å². The zero-order valence-corrected chi connectivity index (χ0v) is 18.4. The van der Waals surface area contributed by atoms with Gasteiger partial charge in [-0.1, -0.05) is 17.9 Å². The minimum absolute atomic E-state index is 0. The Morgan fingerprint density at radius 3 is 1.05 bits per heavy atom. The van der Waals surface area contributed by atoms with Gasteiger partial charge in [0.2, 0.25) is 0 Å². The van der Waals surface area contributed by atoms with E-state index in [-0.39, 0.29) is 65.3 Å². The van der Waals surface area contributed by atoms with Crippen molar-refractivity contribution in [3.05, 3.63) is 52.6 Å². The van der Waals surface area contributed by atoms with Gasteiger partial charge in [-0.25, -0.2) is 0 Å². The molecule has 0 aromatic rings. The molecule has 0 bridgehead atoms. The summed E-state index contributed by atoms with van der Waals surface area (Å²) in [6.07, 6.45) is 1.91. The van der Waals surface area contributed by atoms with Crippen LogP contribution in [0.3, 0.4) is 0 Å². The molecule has 0 aromatic carbocycles. The van der Waals surface area contributed by atoms with Crippen LogP contribution in [-0.4, -0.2) is 6.17 Å². The van der Waals surface area contributed by atoms with E-state index >= 15 is 0 Å². The predicted molar refractivity (Wildman–Crippen MR) is 79.7 cm³/mol. The summed E-state index contributed by atoms with van der Waals surface area (Å²) in [6.45, 7) is 26.1. The van der Waals surface area contributed by atoms with E-state index in [1.54, 1.807) is 0 Å².